The van der Waals surface area contributed by atoms with Crippen LogP contribution in [0.3, 0.4) is 0 Å². The molecule has 1 aliphatic heterocycles. The maximum Gasteiger partial charge on any atom is 0.0322 e. The minimum atomic E-state index is 0.573. The third kappa shape index (κ3) is 2.30. The van der Waals surface area contributed by atoms with Crippen LogP contribution in [0.4, 0.5) is 0 Å². The lowest BCUT2D eigenvalue weighted by molar-refractivity contribution is 0.204. The molecule has 0 radical (unpaired) electrons. The van der Waals surface area contributed by atoms with Crippen molar-refractivity contribution in [1.29, 1.82) is 0 Å². The Balaban J connectivity index is 2.10. The third-order valence-corrected chi connectivity index (χ3v) is 3.97. The summed E-state index contributed by atoms with van der Waals surface area (Å²) in [7, 11) is 0. The molecular weight excluding hydrogens is 194 g/mol. The van der Waals surface area contributed by atoms with Crippen LogP contribution in [-0.2, 0) is 6.42 Å². The number of hydrogen-bond donors (Lipinski definition) is 0. The topological polar surface area (TPSA) is 3.24 Å². The van der Waals surface area contributed by atoms with Crippen molar-refractivity contribution in [3.8, 4) is 0 Å². The lowest BCUT2D eigenvalue weighted by Gasteiger charge is -2.28. The van der Waals surface area contributed by atoms with Crippen LogP contribution < -0.4 is 0 Å². The second kappa shape index (κ2) is 5.01. The lowest BCUT2D eigenvalue weighted by atomic mass is 10.0. The summed E-state index contributed by atoms with van der Waals surface area (Å²) in [5, 5.41) is 0. The summed E-state index contributed by atoms with van der Waals surface area (Å²) in [6.07, 6.45) is 3.85. The summed E-state index contributed by atoms with van der Waals surface area (Å²) >= 11 is 0. The highest BCUT2D eigenvalue weighted by molar-refractivity contribution is 5.25. The predicted molar refractivity (Wildman–Crippen MR) is 69.6 cm³/mol. The van der Waals surface area contributed by atoms with Crippen LogP contribution in [0.5, 0.6) is 0 Å². The molecule has 0 amide bonds. The van der Waals surface area contributed by atoms with Crippen molar-refractivity contribution in [3.63, 3.8) is 0 Å². The smallest absolute Gasteiger partial charge is 0.0322 e. The molecule has 1 nitrogen and oxygen atoms in total. The summed E-state index contributed by atoms with van der Waals surface area (Å²) in [5.41, 5.74) is 2.90. The van der Waals surface area contributed by atoms with Gasteiger partial charge in [0.05, 0.1) is 0 Å². The zero-order valence-electron chi connectivity index (χ0n) is 10.7. The van der Waals surface area contributed by atoms with Gasteiger partial charge in [0, 0.05) is 12.1 Å². The largest absolute Gasteiger partial charge is 0.294 e. The van der Waals surface area contributed by atoms with Crippen LogP contribution in [-0.4, -0.2) is 17.5 Å². The molecule has 1 aliphatic rings. The molecule has 0 spiro atoms. The van der Waals surface area contributed by atoms with Crippen molar-refractivity contribution in [3.05, 3.63) is 35.4 Å². The van der Waals surface area contributed by atoms with Gasteiger partial charge in [0.1, 0.15) is 0 Å². The fraction of sp³-hybridized carbons (Fsp3) is 0.600. The SMILES string of the molecule is CCc1ccc(C(C)N2CCCC2C)cc1. The normalized spacial score (nSPS) is 23.6. The zero-order chi connectivity index (χ0) is 11.5. The van der Waals surface area contributed by atoms with E-state index in [4.69, 9.17) is 0 Å². The number of benzene rings is 1. The molecule has 2 unspecified atom stereocenters. The minimum absolute atomic E-state index is 0.573. The van der Waals surface area contributed by atoms with Crippen LogP contribution in [0, 0.1) is 0 Å². The fourth-order valence-corrected chi connectivity index (χ4v) is 2.75. The van der Waals surface area contributed by atoms with E-state index < -0.39 is 0 Å². The molecule has 16 heavy (non-hydrogen) atoms. The van der Waals surface area contributed by atoms with Crippen molar-refractivity contribution in [2.24, 2.45) is 0 Å². The molecule has 1 aromatic carbocycles. The van der Waals surface area contributed by atoms with Crippen LogP contribution in [0.2, 0.25) is 0 Å². The molecule has 1 saturated heterocycles. The molecule has 2 rings (SSSR count). The molecular formula is C15H23N. The number of nitrogens with zero attached hydrogens (tertiary/aromatic N) is 1. The Morgan fingerprint density at radius 2 is 2.00 bits per heavy atom. The molecule has 2 atom stereocenters. The summed E-state index contributed by atoms with van der Waals surface area (Å²) in [6, 6.07) is 10.5. The van der Waals surface area contributed by atoms with Crippen LogP contribution >= 0.6 is 0 Å². The number of aryl methyl sites for hydroxylation is 1. The maximum atomic E-state index is 2.63. The molecule has 1 heteroatoms. The second-order valence-corrected chi connectivity index (χ2v) is 5.00. The first kappa shape index (κ1) is 11.7. The van der Waals surface area contributed by atoms with E-state index in [0.717, 1.165) is 12.5 Å². The Hall–Kier alpha value is -0.820. The highest BCUT2D eigenvalue weighted by Crippen LogP contribution is 2.28. The van der Waals surface area contributed by atoms with Gasteiger partial charge in [0.25, 0.3) is 0 Å². The van der Waals surface area contributed by atoms with E-state index in [0.29, 0.717) is 6.04 Å². The molecule has 1 heterocycles. The monoisotopic (exact) mass is 217 g/mol. The average Bonchev–Trinajstić information content (AvgIpc) is 2.75. The Morgan fingerprint density at radius 1 is 1.31 bits per heavy atom. The van der Waals surface area contributed by atoms with Gasteiger partial charge in [-0.15, -0.1) is 0 Å². The standard InChI is InChI=1S/C15H23N/c1-4-14-7-9-15(10-8-14)13(3)16-11-5-6-12(16)2/h7-10,12-13H,4-6,11H2,1-3H3. The summed E-state index contributed by atoms with van der Waals surface area (Å²) in [5.74, 6) is 0. The fourth-order valence-electron chi connectivity index (χ4n) is 2.75. The van der Waals surface area contributed by atoms with Gasteiger partial charge in [-0.3, -0.25) is 4.90 Å². The van der Waals surface area contributed by atoms with Crippen LogP contribution in [0.1, 0.15) is 50.8 Å². The van der Waals surface area contributed by atoms with Gasteiger partial charge in [0.2, 0.25) is 0 Å². The van der Waals surface area contributed by atoms with Gasteiger partial charge < -0.3 is 0 Å². The molecule has 0 saturated carbocycles. The Morgan fingerprint density at radius 3 is 2.50 bits per heavy atom. The molecule has 0 N–H and O–H groups in total. The van der Waals surface area contributed by atoms with E-state index in [1.807, 2.05) is 0 Å². The summed E-state index contributed by atoms with van der Waals surface area (Å²) < 4.78 is 0. The summed E-state index contributed by atoms with van der Waals surface area (Å²) in [6.45, 7) is 8.16. The first-order chi connectivity index (χ1) is 7.72. The molecule has 1 aromatic rings. The van der Waals surface area contributed by atoms with Crippen molar-refractivity contribution < 1.29 is 0 Å². The van der Waals surface area contributed by atoms with Crippen LogP contribution in [0.25, 0.3) is 0 Å². The third-order valence-electron chi connectivity index (χ3n) is 3.97. The van der Waals surface area contributed by atoms with Gasteiger partial charge in [-0.2, -0.15) is 0 Å². The Kier molecular flexibility index (Phi) is 3.65. The molecule has 0 bridgehead atoms. The van der Waals surface area contributed by atoms with E-state index in [-0.39, 0.29) is 0 Å². The van der Waals surface area contributed by atoms with Crippen molar-refractivity contribution in [2.45, 2.75) is 52.1 Å². The maximum absolute atomic E-state index is 2.63. The highest BCUT2D eigenvalue weighted by Gasteiger charge is 2.25. The summed E-state index contributed by atoms with van der Waals surface area (Å²) in [4.78, 5) is 2.63. The van der Waals surface area contributed by atoms with Gasteiger partial charge in [-0.05, 0) is 50.8 Å². The number of hydrogen-bond acceptors (Lipinski definition) is 1. The first-order valence-corrected chi connectivity index (χ1v) is 6.57. The minimum Gasteiger partial charge on any atom is -0.294 e. The molecule has 88 valence electrons. The average molecular weight is 217 g/mol. The molecule has 0 aliphatic carbocycles. The van der Waals surface area contributed by atoms with Gasteiger partial charge in [-0.1, -0.05) is 31.2 Å². The van der Waals surface area contributed by atoms with Gasteiger partial charge in [0.15, 0.2) is 0 Å². The van der Waals surface area contributed by atoms with Gasteiger partial charge >= 0.3 is 0 Å². The predicted octanol–water partition coefficient (Wildman–Crippen LogP) is 3.79. The van der Waals surface area contributed by atoms with E-state index in [2.05, 4.69) is 49.9 Å². The number of likely N-dealkylation sites (tertiary alicyclic amines) is 1. The Bertz CT molecular complexity index is 328. The Labute approximate surface area is 99.5 Å². The van der Waals surface area contributed by atoms with Crippen molar-refractivity contribution in [2.75, 3.05) is 6.54 Å². The quantitative estimate of drug-likeness (QED) is 0.744. The first-order valence-electron chi connectivity index (χ1n) is 6.57. The molecule has 1 fully saturated rings. The van der Waals surface area contributed by atoms with E-state index in [1.165, 1.54) is 30.5 Å². The number of rotatable bonds is 3. The van der Waals surface area contributed by atoms with E-state index in [1.54, 1.807) is 0 Å². The van der Waals surface area contributed by atoms with Gasteiger partial charge in [-0.25, -0.2) is 0 Å². The highest BCUT2D eigenvalue weighted by atomic mass is 15.2. The van der Waals surface area contributed by atoms with Crippen molar-refractivity contribution >= 4 is 0 Å². The lowest BCUT2D eigenvalue weighted by Crippen LogP contribution is -2.29. The van der Waals surface area contributed by atoms with E-state index in [9.17, 15) is 0 Å². The van der Waals surface area contributed by atoms with Crippen molar-refractivity contribution in [1.82, 2.24) is 4.90 Å². The van der Waals surface area contributed by atoms with E-state index >= 15 is 0 Å². The molecule has 0 aromatic heterocycles. The second-order valence-electron chi connectivity index (χ2n) is 5.00. The zero-order valence-corrected chi connectivity index (χ0v) is 10.7. The van der Waals surface area contributed by atoms with Crippen LogP contribution in [0.15, 0.2) is 24.3 Å².